The SMILES string of the molecule is C=C1NC2=C(C(=O)CCC2)C(c2ccc(COc3ccc(F)cc3)c(OC)c2)C1C(=O)OC. The minimum absolute atomic E-state index is 0.0258. The fraction of sp³-hybridized carbons (Fsp3) is 0.308. The fourth-order valence-electron chi connectivity index (χ4n) is 4.52. The van der Waals surface area contributed by atoms with Crippen molar-refractivity contribution in [2.24, 2.45) is 5.92 Å². The number of ketones is 1. The molecule has 2 aromatic rings. The molecule has 33 heavy (non-hydrogen) atoms. The van der Waals surface area contributed by atoms with Gasteiger partial charge >= 0.3 is 5.97 Å². The van der Waals surface area contributed by atoms with Crippen LogP contribution in [0.4, 0.5) is 4.39 Å². The average Bonchev–Trinajstić information content (AvgIpc) is 2.82. The third kappa shape index (κ3) is 4.49. The van der Waals surface area contributed by atoms with Gasteiger partial charge in [-0.15, -0.1) is 0 Å². The maximum Gasteiger partial charge on any atom is 0.315 e. The number of Topliss-reactive ketones (excluding diaryl/α,β-unsaturated/α-hetero) is 1. The number of esters is 1. The molecule has 0 amide bonds. The standard InChI is InChI=1S/C26H26FNO5/c1-15-23(26(30)32-3)24(25-20(28-15)5-4-6-21(25)29)16-7-8-17(22(13-16)31-2)14-33-19-11-9-18(27)10-12-19/h7-13,23-24,28H,1,4-6,14H2,2-3H3. The smallest absolute Gasteiger partial charge is 0.315 e. The van der Waals surface area contributed by atoms with Crippen LogP contribution in [0.5, 0.6) is 11.5 Å². The first-order valence-corrected chi connectivity index (χ1v) is 10.8. The van der Waals surface area contributed by atoms with Gasteiger partial charge in [0.1, 0.15) is 29.8 Å². The van der Waals surface area contributed by atoms with E-state index in [0.29, 0.717) is 29.2 Å². The Morgan fingerprint density at radius 1 is 1.15 bits per heavy atom. The molecule has 2 unspecified atom stereocenters. The Labute approximate surface area is 192 Å². The van der Waals surface area contributed by atoms with E-state index in [4.69, 9.17) is 14.2 Å². The molecular weight excluding hydrogens is 425 g/mol. The summed E-state index contributed by atoms with van der Waals surface area (Å²) in [5, 5.41) is 3.18. The minimum Gasteiger partial charge on any atom is -0.496 e. The molecule has 6 nitrogen and oxygen atoms in total. The second-order valence-electron chi connectivity index (χ2n) is 8.11. The largest absolute Gasteiger partial charge is 0.496 e. The van der Waals surface area contributed by atoms with Crippen LogP contribution >= 0.6 is 0 Å². The predicted octanol–water partition coefficient (Wildman–Crippen LogP) is 4.41. The molecular formula is C26H26FNO5. The van der Waals surface area contributed by atoms with Gasteiger partial charge in [-0.05, 0) is 48.7 Å². The van der Waals surface area contributed by atoms with E-state index in [-0.39, 0.29) is 18.2 Å². The number of nitrogens with one attached hydrogen (secondary N) is 1. The first-order valence-electron chi connectivity index (χ1n) is 10.8. The molecule has 0 bridgehead atoms. The quantitative estimate of drug-likeness (QED) is 0.656. The molecule has 7 heteroatoms. The fourth-order valence-corrected chi connectivity index (χ4v) is 4.52. The molecule has 0 fully saturated rings. The molecule has 0 aromatic heterocycles. The van der Waals surface area contributed by atoms with E-state index < -0.39 is 17.8 Å². The topological polar surface area (TPSA) is 73.9 Å². The third-order valence-corrected chi connectivity index (χ3v) is 6.12. The number of ether oxygens (including phenoxy) is 3. The Balaban J connectivity index is 1.70. The molecule has 0 saturated heterocycles. The summed E-state index contributed by atoms with van der Waals surface area (Å²) in [6, 6.07) is 11.3. The van der Waals surface area contributed by atoms with Crippen LogP contribution in [0.1, 0.15) is 36.3 Å². The summed E-state index contributed by atoms with van der Waals surface area (Å²) in [7, 11) is 2.88. The molecule has 2 atom stereocenters. The van der Waals surface area contributed by atoms with Crippen molar-refractivity contribution in [3.63, 3.8) is 0 Å². The molecule has 172 valence electrons. The van der Waals surface area contributed by atoms with Crippen molar-refractivity contribution in [3.05, 3.63) is 83.0 Å². The van der Waals surface area contributed by atoms with Crippen molar-refractivity contribution in [2.45, 2.75) is 31.8 Å². The van der Waals surface area contributed by atoms with Crippen LogP contribution in [0.25, 0.3) is 0 Å². The summed E-state index contributed by atoms with van der Waals surface area (Å²) in [5.74, 6) is -0.919. The second-order valence-corrected chi connectivity index (χ2v) is 8.11. The summed E-state index contributed by atoms with van der Waals surface area (Å²) >= 11 is 0. The highest BCUT2D eigenvalue weighted by atomic mass is 19.1. The summed E-state index contributed by atoms with van der Waals surface area (Å²) in [6.07, 6.45) is 1.93. The number of methoxy groups -OCH3 is 2. The number of halogens is 1. The van der Waals surface area contributed by atoms with Gasteiger partial charge in [0.2, 0.25) is 0 Å². The lowest BCUT2D eigenvalue weighted by Gasteiger charge is -2.38. The van der Waals surface area contributed by atoms with Crippen LogP contribution in [0.15, 0.2) is 66.0 Å². The zero-order chi connectivity index (χ0) is 23.5. The van der Waals surface area contributed by atoms with Crippen molar-refractivity contribution in [2.75, 3.05) is 14.2 Å². The Kier molecular flexibility index (Phi) is 6.49. The van der Waals surface area contributed by atoms with Gasteiger partial charge < -0.3 is 19.5 Å². The number of rotatable bonds is 6. The molecule has 2 aliphatic rings. The Morgan fingerprint density at radius 2 is 1.91 bits per heavy atom. The van der Waals surface area contributed by atoms with Crippen LogP contribution < -0.4 is 14.8 Å². The zero-order valence-corrected chi connectivity index (χ0v) is 18.7. The monoisotopic (exact) mass is 451 g/mol. The molecule has 0 saturated carbocycles. The van der Waals surface area contributed by atoms with Gasteiger partial charge in [0.15, 0.2) is 5.78 Å². The normalized spacial score (nSPS) is 20.1. The highest BCUT2D eigenvalue weighted by Gasteiger charge is 2.43. The van der Waals surface area contributed by atoms with E-state index in [0.717, 1.165) is 29.7 Å². The Hall–Kier alpha value is -3.61. The van der Waals surface area contributed by atoms with Gasteiger partial charge in [-0.1, -0.05) is 18.7 Å². The lowest BCUT2D eigenvalue weighted by Crippen LogP contribution is -2.40. The van der Waals surface area contributed by atoms with Gasteiger partial charge in [0, 0.05) is 34.9 Å². The van der Waals surface area contributed by atoms with Crippen molar-refractivity contribution in [1.29, 1.82) is 0 Å². The van der Waals surface area contributed by atoms with E-state index in [1.54, 1.807) is 19.2 Å². The van der Waals surface area contributed by atoms with Crippen molar-refractivity contribution in [1.82, 2.24) is 5.32 Å². The summed E-state index contributed by atoms with van der Waals surface area (Å²) < 4.78 is 29.5. The minimum atomic E-state index is -0.734. The molecule has 4 rings (SSSR count). The Bertz CT molecular complexity index is 1120. The number of carbonyl (C=O) groups is 2. The first kappa shape index (κ1) is 22.6. The molecule has 1 heterocycles. The van der Waals surface area contributed by atoms with Gasteiger partial charge in [-0.2, -0.15) is 0 Å². The van der Waals surface area contributed by atoms with Gasteiger partial charge in [0.05, 0.1) is 14.2 Å². The van der Waals surface area contributed by atoms with Crippen molar-refractivity contribution < 1.29 is 28.2 Å². The number of hydrogen-bond acceptors (Lipinski definition) is 6. The maximum atomic E-state index is 13.1. The lowest BCUT2D eigenvalue weighted by molar-refractivity contribution is -0.144. The highest BCUT2D eigenvalue weighted by Crippen LogP contribution is 2.45. The Morgan fingerprint density at radius 3 is 2.61 bits per heavy atom. The van der Waals surface area contributed by atoms with Crippen molar-refractivity contribution >= 4 is 11.8 Å². The second kappa shape index (κ2) is 9.48. The lowest BCUT2D eigenvalue weighted by atomic mass is 9.71. The number of carbonyl (C=O) groups excluding carboxylic acids is 2. The summed E-state index contributed by atoms with van der Waals surface area (Å²) in [6.45, 7) is 4.26. The van der Waals surface area contributed by atoms with Gasteiger partial charge in [-0.25, -0.2) is 4.39 Å². The van der Waals surface area contributed by atoms with E-state index in [1.807, 2.05) is 18.2 Å². The predicted molar refractivity (Wildman–Crippen MR) is 120 cm³/mol. The number of hydrogen-bond donors (Lipinski definition) is 1. The van der Waals surface area contributed by atoms with E-state index in [2.05, 4.69) is 11.9 Å². The number of benzene rings is 2. The van der Waals surface area contributed by atoms with Crippen LogP contribution in [-0.2, 0) is 20.9 Å². The highest BCUT2D eigenvalue weighted by molar-refractivity contribution is 6.00. The zero-order valence-electron chi connectivity index (χ0n) is 18.7. The average molecular weight is 451 g/mol. The maximum absolute atomic E-state index is 13.1. The van der Waals surface area contributed by atoms with Gasteiger partial charge in [0.25, 0.3) is 0 Å². The van der Waals surface area contributed by atoms with Crippen LogP contribution in [0.3, 0.4) is 0 Å². The van der Waals surface area contributed by atoms with E-state index in [9.17, 15) is 14.0 Å². The van der Waals surface area contributed by atoms with E-state index in [1.165, 1.54) is 19.2 Å². The van der Waals surface area contributed by atoms with Crippen LogP contribution in [-0.4, -0.2) is 26.0 Å². The third-order valence-electron chi connectivity index (χ3n) is 6.12. The molecule has 1 aliphatic carbocycles. The van der Waals surface area contributed by atoms with Gasteiger partial charge in [-0.3, -0.25) is 9.59 Å². The van der Waals surface area contributed by atoms with E-state index >= 15 is 0 Å². The molecule has 0 spiro atoms. The molecule has 1 N–H and O–H groups in total. The summed E-state index contributed by atoms with van der Waals surface area (Å²) in [4.78, 5) is 25.6. The summed E-state index contributed by atoms with van der Waals surface area (Å²) in [5.41, 5.74) is 3.49. The molecule has 0 radical (unpaired) electrons. The molecule has 2 aromatic carbocycles. The van der Waals surface area contributed by atoms with Crippen LogP contribution in [0.2, 0.25) is 0 Å². The molecule has 1 aliphatic heterocycles. The first-order chi connectivity index (χ1) is 15.9. The van der Waals surface area contributed by atoms with Crippen LogP contribution in [0, 0.1) is 11.7 Å². The number of allylic oxidation sites excluding steroid dienone is 2. The van der Waals surface area contributed by atoms with Crippen molar-refractivity contribution in [3.8, 4) is 11.5 Å².